The van der Waals surface area contributed by atoms with Crippen LogP contribution in [0.1, 0.15) is 52.1 Å². The molecule has 1 saturated heterocycles. The molecule has 1 unspecified atom stereocenters. The summed E-state index contributed by atoms with van der Waals surface area (Å²) in [6.45, 7) is 4.51. The molecule has 4 rings (SSSR count). The number of β-amino-alcohol motifs (C(OH)–C–C–N with tert-alkyl or cyclic N) is 1. The molecule has 0 bridgehead atoms. The minimum Gasteiger partial charge on any atom is -0.378 e. The lowest BCUT2D eigenvalue weighted by Gasteiger charge is -2.36. The molecule has 0 radical (unpaired) electrons. The number of rotatable bonds is 3. The molecule has 1 aromatic heterocycles. The zero-order chi connectivity index (χ0) is 20.1. The molecule has 0 saturated carbocycles. The van der Waals surface area contributed by atoms with Crippen molar-refractivity contribution in [3.05, 3.63) is 46.3 Å². The van der Waals surface area contributed by atoms with Crippen molar-refractivity contribution in [3.8, 4) is 5.69 Å². The molecule has 148 valence electrons. The van der Waals surface area contributed by atoms with Gasteiger partial charge in [-0.2, -0.15) is 5.10 Å². The number of hydrogen-bond acceptors (Lipinski definition) is 4. The van der Waals surface area contributed by atoms with Gasteiger partial charge in [0.1, 0.15) is 0 Å². The number of fused-ring (bicyclic) bond motifs is 1. The molecule has 0 spiro atoms. The lowest BCUT2D eigenvalue weighted by molar-refractivity contribution is -0.140. The molecule has 28 heavy (non-hydrogen) atoms. The van der Waals surface area contributed by atoms with Crippen LogP contribution in [-0.4, -0.2) is 50.3 Å². The van der Waals surface area contributed by atoms with Crippen molar-refractivity contribution < 1.29 is 14.7 Å². The van der Waals surface area contributed by atoms with Crippen LogP contribution >= 0.6 is 0 Å². The van der Waals surface area contributed by atoms with Gasteiger partial charge < -0.3 is 15.7 Å². The highest BCUT2D eigenvalue weighted by Gasteiger charge is 2.41. The van der Waals surface area contributed by atoms with Gasteiger partial charge in [-0.05, 0) is 57.6 Å². The topological polar surface area (TPSA) is 101 Å². The summed E-state index contributed by atoms with van der Waals surface area (Å²) < 4.78 is 1.90. The predicted octanol–water partition coefficient (Wildman–Crippen LogP) is 1.43. The number of nitrogens with two attached hydrogens (primary N) is 1. The third-order valence-electron chi connectivity index (χ3n) is 5.93. The summed E-state index contributed by atoms with van der Waals surface area (Å²) in [5.41, 5.74) is 9.46. The van der Waals surface area contributed by atoms with Crippen molar-refractivity contribution in [2.75, 3.05) is 13.1 Å². The molecule has 7 heteroatoms. The number of likely N-dealkylation sites (tertiary alicyclic amines) is 1. The molecule has 1 aliphatic carbocycles. The summed E-state index contributed by atoms with van der Waals surface area (Å²) in [6.07, 6.45) is 3.50. The molecule has 3 N–H and O–H groups in total. The Balaban J connectivity index is 1.71. The first kappa shape index (κ1) is 18.7. The first-order valence-electron chi connectivity index (χ1n) is 9.80. The lowest BCUT2D eigenvalue weighted by Crippen LogP contribution is -2.57. The van der Waals surface area contributed by atoms with Gasteiger partial charge in [0.05, 0.1) is 12.2 Å². The summed E-state index contributed by atoms with van der Waals surface area (Å²) in [7, 11) is 0. The predicted molar refractivity (Wildman–Crippen MR) is 104 cm³/mol. The Morgan fingerprint density at radius 3 is 2.71 bits per heavy atom. The molecule has 1 atom stereocenters. The van der Waals surface area contributed by atoms with Gasteiger partial charge in [-0.3, -0.25) is 9.59 Å². The number of carbonyl (C=O) groups is 2. The highest BCUT2D eigenvalue weighted by molar-refractivity contribution is 5.95. The monoisotopic (exact) mass is 382 g/mol. The lowest BCUT2D eigenvalue weighted by atomic mass is 9.92. The Kier molecular flexibility index (Phi) is 4.50. The fraction of sp³-hybridized carbons (Fsp3) is 0.476. The Labute approximate surface area is 164 Å². The minimum absolute atomic E-state index is 0.0770. The Morgan fingerprint density at radius 1 is 1.21 bits per heavy atom. The third kappa shape index (κ3) is 2.99. The summed E-state index contributed by atoms with van der Waals surface area (Å²) in [5.74, 6) is -1.02. The molecule has 1 aliphatic heterocycles. The van der Waals surface area contributed by atoms with Crippen molar-refractivity contribution >= 4 is 11.8 Å². The second-order valence-electron chi connectivity index (χ2n) is 8.06. The van der Waals surface area contributed by atoms with E-state index in [-0.39, 0.29) is 18.9 Å². The van der Waals surface area contributed by atoms with E-state index in [9.17, 15) is 14.7 Å². The number of hydrogen-bond donors (Lipinski definition) is 2. The Morgan fingerprint density at radius 2 is 2.00 bits per heavy atom. The maximum atomic E-state index is 13.2. The van der Waals surface area contributed by atoms with Crippen LogP contribution in [0.15, 0.2) is 18.2 Å². The van der Waals surface area contributed by atoms with Crippen LogP contribution in [0.2, 0.25) is 0 Å². The number of primary amides is 1. The van der Waals surface area contributed by atoms with Crippen LogP contribution in [0.5, 0.6) is 0 Å². The molecule has 7 nitrogen and oxygen atoms in total. The molecule has 2 amide bonds. The van der Waals surface area contributed by atoms with Crippen molar-refractivity contribution in [2.24, 2.45) is 5.73 Å². The van der Waals surface area contributed by atoms with Gasteiger partial charge in [0.2, 0.25) is 0 Å². The maximum Gasteiger partial charge on any atom is 0.274 e. The first-order chi connectivity index (χ1) is 13.3. The van der Waals surface area contributed by atoms with E-state index in [2.05, 4.69) is 18.1 Å². The van der Waals surface area contributed by atoms with E-state index < -0.39 is 11.5 Å². The summed E-state index contributed by atoms with van der Waals surface area (Å²) in [4.78, 5) is 26.4. The molecular formula is C21H26N4O3. The van der Waals surface area contributed by atoms with Crippen molar-refractivity contribution in [2.45, 2.75) is 51.6 Å². The average Bonchev–Trinajstić information content (AvgIpc) is 3.24. The second-order valence-corrected chi connectivity index (χ2v) is 8.06. The third-order valence-corrected chi connectivity index (χ3v) is 5.93. The van der Waals surface area contributed by atoms with Crippen LogP contribution in [0.3, 0.4) is 0 Å². The summed E-state index contributed by atoms with van der Waals surface area (Å²) in [6, 6.07) is 6.19. The van der Waals surface area contributed by atoms with Gasteiger partial charge >= 0.3 is 0 Å². The Hall–Kier alpha value is -2.67. The smallest absolute Gasteiger partial charge is 0.274 e. The fourth-order valence-electron chi connectivity index (χ4n) is 4.41. The van der Waals surface area contributed by atoms with E-state index in [1.807, 2.05) is 23.7 Å². The second kappa shape index (κ2) is 6.74. The van der Waals surface area contributed by atoms with Gasteiger partial charge in [0, 0.05) is 17.8 Å². The first-order valence-corrected chi connectivity index (χ1v) is 9.80. The highest BCUT2D eigenvalue weighted by atomic mass is 16.3. The molecule has 2 heterocycles. The average molecular weight is 382 g/mol. The molecule has 2 aromatic rings. The normalized spacial score (nSPS) is 21.6. The van der Waals surface area contributed by atoms with E-state index in [0.29, 0.717) is 18.7 Å². The van der Waals surface area contributed by atoms with Gasteiger partial charge in [0.25, 0.3) is 11.8 Å². The van der Waals surface area contributed by atoms with E-state index >= 15 is 0 Å². The SMILES string of the molecule is Cc1ccc(-n2nc(C(=O)N3CCCC(O)(C(N)=O)C3)c3c2CCC3)c(C)c1. The van der Waals surface area contributed by atoms with Crippen molar-refractivity contribution in [1.82, 2.24) is 14.7 Å². The van der Waals surface area contributed by atoms with Gasteiger partial charge in [0.15, 0.2) is 11.3 Å². The van der Waals surface area contributed by atoms with Crippen molar-refractivity contribution in [3.63, 3.8) is 0 Å². The molecule has 2 aliphatic rings. The molecule has 1 aromatic carbocycles. The number of carbonyl (C=O) groups excluding carboxylic acids is 2. The van der Waals surface area contributed by atoms with E-state index in [4.69, 9.17) is 5.73 Å². The number of benzene rings is 1. The summed E-state index contributed by atoms with van der Waals surface area (Å²) in [5, 5.41) is 15.1. The van der Waals surface area contributed by atoms with Crippen LogP contribution in [0.25, 0.3) is 5.69 Å². The van der Waals surface area contributed by atoms with Crippen LogP contribution in [0, 0.1) is 13.8 Å². The van der Waals surface area contributed by atoms with Crippen LogP contribution < -0.4 is 5.73 Å². The summed E-state index contributed by atoms with van der Waals surface area (Å²) >= 11 is 0. The van der Waals surface area contributed by atoms with Crippen LogP contribution in [0.4, 0.5) is 0 Å². The highest BCUT2D eigenvalue weighted by Crippen LogP contribution is 2.31. The number of piperidine rings is 1. The number of aromatic nitrogens is 2. The zero-order valence-corrected chi connectivity index (χ0v) is 16.4. The number of nitrogens with zero attached hydrogens (tertiary/aromatic N) is 3. The maximum absolute atomic E-state index is 13.2. The molecule has 1 fully saturated rings. The zero-order valence-electron chi connectivity index (χ0n) is 16.4. The standard InChI is InChI=1S/C21H26N4O3/c1-13-7-8-16(14(2)11-13)25-17-6-3-5-15(17)18(23-25)19(26)24-10-4-9-21(28,12-24)20(22)27/h7-8,11,28H,3-6,9-10,12H2,1-2H3,(H2,22,27). The fourth-order valence-corrected chi connectivity index (χ4v) is 4.41. The van der Waals surface area contributed by atoms with Crippen molar-refractivity contribution in [1.29, 1.82) is 0 Å². The van der Waals surface area contributed by atoms with Gasteiger partial charge in [-0.15, -0.1) is 0 Å². The quantitative estimate of drug-likeness (QED) is 0.838. The molecular weight excluding hydrogens is 356 g/mol. The van der Waals surface area contributed by atoms with E-state index in [1.54, 1.807) is 0 Å². The van der Waals surface area contributed by atoms with E-state index in [0.717, 1.165) is 41.8 Å². The number of amides is 2. The van der Waals surface area contributed by atoms with Crippen LogP contribution in [-0.2, 0) is 17.6 Å². The number of aryl methyl sites for hydroxylation is 2. The van der Waals surface area contributed by atoms with Gasteiger partial charge in [-0.25, -0.2) is 4.68 Å². The number of aliphatic hydroxyl groups is 1. The van der Waals surface area contributed by atoms with E-state index in [1.165, 1.54) is 10.5 Å². The van der Waals surface area contributed by atoms with Gasteiger partial charge in [-0.1, -0.05) is 17.7 Å². The Bertz CT molecular complexity index is 965. The largest absolute Gasteiger partial charge is 0.378 e. The minimum atomic E-state index is -1.66.